The summed E-state index contributed by atoms with van der Waals surface area (Å²) >= 11 is 0. The summed E-state index contributed by atoms with van der Waals surface area (Å²) in [6.45, 7) is 4.00. The molecule has 1 amide bonds. The molecule has 1 atom stereocenters. The second-order valence-corrected chi connectivity index (χ2v) is 5.94. The van der Waals surface area contributed by atoms with Crippen LogP contribution in [0.3, 0.4) is 0 Å². The van der Waals surface area contributed by atoms with Gasteiger partial charge in [0.2, 0.25) is 0 Å². The molecule has 134 valence electrons. The molecule has 0 aliphatic rings. The van der Waals surface area contributed by atoms with E-state index < -0.39 is 6.10 Å². The van der Waals surface area contributed by atoms with Gasteiger partial charge in [-0.2, -0.15) is 0 Å². The van der Waals surface area contributed by atoms with Gasteiger partial charge in [-0.15, -0.1) is 0 Å². The molecule has 5 nitrogen and oxygen atoms in total. The van der Waals surface area contributed by atoms with Gasteiger partial charge in [0.1, 0.15) is 17.4 Å². The van der Waals surface area contributed by atoms with Crippen LogP contribution in [0.25, 0.3) is 5.69 Å². The van der Waals surface area contributed by atoms with E-state index in [0.29, 0.717) is 12.3 Å². The van der Waals surface area contributed by atoms with Crippen molar-refractivity contribution in [2.75, 3.05) is 0 Å². The van der Waals surface area contributed by atoms with Crippen molar-refractivity contribution in [2.24, 2.45) is 0 Å². The van der Waals surface area contributed by atoms with Crippen molar-refractivity contribution in [3.63, 3.8) is 0 Å². The minimum Gasteiger partial charge on any atom is -0.481 e. The standard InChI is InChI=1S/C20H20FN3O2/c1-14(26-19-9-5-17(21)6-10-19)20(25)23-13-16-3-7-18(8-4-16)24-12-11-22-15(24)2/h3-12,14H,13H2,1-2H3,(H,23,25)/t14-/m0/s1. The Kier molecular flexibility index (Phi) is 5.31. The number of amides is 1. The molecule has 0 radical (unpaired) electrons. The summed E-state index contributed by atoms with van der Waals surface area (Å²) in [7, 11) is 0. The Hall–Kier alpha value is -3.15. The molecule has 3 rings (SSSR count). The molecule has 1 N–H and O–H groups in total. The first-order valence-electron chi connectivity index (χ1n) is 8.32. The molecule has 2 aromatic carbocycles. The Bertz CT molecular complexity index is 873. The van der Waals surface area contributed by atoms with Crippen LogP contribution in [0.1, 0.15) is 18.3 Å². The van der Waals surface area contributed by atoms with Crippen LogP contribution in [0.15, 0.2) is 60.9 Å². The molecule has 0 spiro atoms. The number of imidazole rings is 1. The fraction of sp³-hybridized carbons (Fsp3) is 0.200. The normalized spacial score (nSPS) is 11.8. The summed E-state index contributed by atoms with van der Waals surface area (Å²) in [5.41, 5.74) is 2.00. The molecule has 0 aliphatic heterocycles. The van der Waals surface area contributed by atoms with Gasteiger partial charge in [-0.3, -0.25) is 4.79 Å². The number of carbonyl (C=O) groups is 1. The van der Waals surface area contributed by atoms with Gasteiger partial charge in [-0.1, -0.05) is 12.1 Å². The summed E-state index contributed by atoms with van der Waals surface area (Å²) in [4.78, 5) is 16.4. The highest BCUT2D eigenvalue weighted by molar-refractivity contribution is 5.80. The fourth-order valence-electron chi connectivity index (χ4n) is 2.53. The second-order valence-electron chi connectivity index (χ2n) is 5.94. The first-order chi connectivity index (χ1) is 12.5. The van der Waals surface area contributed by atoms with Crippen LogP contribution in [0.5, 0.6) is 5.75 Å². The van der Waals surface area contributed by atoms with Gasteiger partial charge < -0.3 is 14.6 Å². The Labute approximate surface area is 151 Å². The third kappa shape index (κ3) is 4.27. The van der Waals surface area contributed by atoms with Crippen LogP contribution in [-0.4, -0.2) is 21.6 Å². The maximum absolute atomic E-state index is 12.9. The maximum Gasteiger partial charge on any atom is 0.261 e. The molecular weight excluding hydrogens is 333 g/mol. The zero-order valence-electron chi connectivity index (χ0n) is 14.6. The quantitative estimate of drug-likeness (QED) is 0.739. The van der Waals surface area contributed by atoms with Crippen LogP contribution in [-0.2, 0) is 11.3 Å². The number of nitrogens with one attached hydrogen (secondary N) is 1. The van der Waals surface area contributed by atoms with Gasteiger partial charge in [-0.05, 0) is 55.8 Å². The number of carbonyl (C=O) groups excluding carboxylic acids is 1. The number of nitrogens with zero attached hydrogens (tertiary/aromatic N) is 2. The van der Waals surface area contributed by atoms with E-state index in [9.17, 15) is 9.18 Å². The average molecular weight is 353 g/mol. The van der Waals surface area contributed by atoms with Crippen molar-refractivity contribution in [3.05, 3.63) is 78.1 Å². The van der Waals surface area contributed by atoms with Crippen molar-refractivity contribution in [3.8, 4) is 11.4 Å². The van der Waals surface area contributed by atoms with Crippen molar-refractivity contribution in [1.29, 1.82) is 0 Å². The lowest BCUT2D eigenvalue weighted by Gasteiger charge is -2.15. The van der Waals surface area contributed by atoms with Gasteiger partial charge in [-0.25, -0.2) is 9.37 Å². The number of aryl methyl sites for hydroxylation is 1. The van der Waals surface area contributed by atoms with Crippen molar-refractivity contribution < 1.29 is 13.9 Å². The Balaban J connectivity index is 1.54. The summed E-state index contributed by atoms with van der Waals surface area (Å²) in [5.74, 6) is 0.791. The largest absolute Gasteiger partial charge is 0.481 e. The first-order valence-corrected chi connectivity index (χ1v) is 8.32. The minimum atomic E-state index is -0.673. The molecule has 0 unspecified atom stereocenters. The van der Waals surface area contributed by atoms with Gasteiger partial charge in [0.05, 0.1) is 0 Å². The monoisotopic (exact) mass is 353 g/mol. The summed E-state index contributed by atoms with van der Waals surface area (Å²) < 4.78 is 20.4. The van der Waals surface area contributed by atoms with Crippen LogP contribution >= 0.6 is 0 Å². The van der Waals surface area contributed by atoms with Crippen LogP contribution < -0.4 is 10.1 Å². The lowest BCUT2D eigenvalue weighted by molar-refractivity contribution is -0.127. The molecule has 0 saturated heterocycles. The minimum absolute atomic E-state index is 0.233. The number of hydrogen-bond donors (Lipinski definition) is 1. The lowest BCUT2D eigenvalue weighted by Crippen LogP contribution is -2.35. The van der Waals surface area contributed by atoms with Crippen LogP contribution in [0, 0.1) is 12.7 Å². The number of benzene rings is 2. The summed E-state index contributed by atoms with van der Waals surface area (Å²) in [6.07, 6.45) is 2.99. The maximum atomic E-state index is 12.9. The molecule has 6 heteroatoms. The topological polar surface area (TPSA) is 56.2 Å². The van der Waals surface area contributed by atoms with Crippen LogP contribution in [0.2, 0.25) is 0 Å². The van der Waals surface area contributed by atoms with Crippen molar-refractivity contribution in [1.82, 2.24) is 14.9 Å². The van der Waals surface area contributed by atoms with Crippen molar-refractivity contribution >= 4 is 5.91 Å². The number of halogens is 1. The van der Waals surface area contributed by atoms with E-state index in [0.717, 1.165) is 17.1 Å². The van der Waals surface area contributed by atoms with E-state index in [1.807, 2.05) is 42.0 Å². The van der Waals surface area contributed by atoms with Gasteiger partial charge in [0.15, 0.2) is 6.10 Å². The predicted molar refractivity (Wildman–Crippen MR) is 96.6 cm³/mol. The van der Waals surface area contributed by atoms with E-state index in [1.165, 1.54) is 24.3 Å². The summed E-state index contributed by atoms with van der Waals surface area (Å²) in [6, 6.07) is 13.5. The average Bonchev–Trinajstić information content (AvgIpc) is 3.08. The zero-order chi connectivity index (χ0) is 18.5. The second kappa shape index (κ2) is 7.82. The molecule has 0 saturated carbocycles. The summed E-state index contributed by atoms with van der Waals surface area (Å²) in [5, 5.41) is 2.84. The van der Waals surface area contributed by atoms with Gasteiger partial charge in [0.25, 0.3) is 5.91 Å². The van der Waals surface area contributed by atoms with Crippen molar-refractivity contribution in [2.45, 2.75) is 26.5 Å². The predicted octanol–water partition coefficient (Wildman–Crippen LogP) is 3.40. The molecule has 26 heavy (non-hydrogen) atoms. The van der Waals surface area contributed by atoms with E-state index in [1.54, 1.807) is 13.1 Å². The molecule has 0 bridgehead atoms. The highest BCUT2D eigenvalue weighted by Crippen LogP contribution is 2.14. The van der Waals surface area contributed by atoms with E-state index >= 15 is 0 Å². The third-order valence-electron chi connectivity index (χ3n) is 4.00. The molecule has 0 aliphatic carbocycles. The Morgan fingerprint density at radius 3 is 2.50 bits per heavy atom. The molecule has 1 heterocycles. The lowest BCUT2D eigenvalue weighted by atomic mass is 10.2. The fourth-order valence-corrected chi connectivity index (χ4v) is 2.53. The molecular formula is C20H20FN3O2. The third-order valence-corrected chi connectivity index (χ3v) is 4.00. The highest BCUT2D eigenvalue weighted by Gasteiger charge is 2.14. The molecule has 3 aromatic rings. The van der Waals surface area contributed by atoms with Gasteiger partial charge >= 0.3 is 0 Å². The van der Waals surface area contributed by atoms with E-state index in [2.05, 4.69) is 10.3 Å². The van der Waals surface area contributed by atoms with E-state index in [4.69, 9.17) is 4.74 Å². The number of ether oxygens (including phenoxy) is 1. The number of hydrogen-bond acceptors (Lipinski definition) is 3. The van der Waals surface area contributed by atoms with Crippen LogP contribution in [0.4, 0.5) is 4.39 Å². The number of rotatable bonds is 6. The Morgan fingerprint density at radius 2 is 1.88 bits per heavy atom. The first kappa shape index (κ1) is 17.7. The number of aromatic nitrogens is 2. The van der Waals surface area contributed by atoms with E-state index in [-0.39, 0.29) is 11.7 Å². The highest BCUT2D eigenvalue weighted by atomic mass is 19.1. The molecule has 0 fully saturated rings. The zero-order valence-corrected chi connectivity index (χ0v) is 14.6. The Morgan fingerprint density at radius 1 is 1.19 bits per heavy atom. The smallest absolute Gasteiger partial charge is 0.261 e. The molecule has 1 aromatic heterocycles. The SMILES string of the molecule is Cc1nccn1-c1ccc(CNC(=O)[C@H](C)Oc2ccc(F)cc2)cc1. The van der Waals surface area contributed by atoms with Gasteiger partial charge in [0, 0.05) is 24.6 Å².